The SMILES string of the molecule is CC(=O)N1CCN2CC(c3cc(-c4ccc5cn(Cc6ccccc6)nc5c4)c4c(N)ncnn34)OCC2C1. The Labute approximate surface area is 225 Å². The number of rotatable bonds is 4. The maximum atomic E-state index is 11.9. The van der Waals surface area contributed by atoms with E-state index >= 15 is 0 Å². The van der Waals surface area contributed by atoms with Crippen LogP contribution in [0.2, 0.25) is 0 Å². The second-order valence-corrected chi connectivity index (χ2v) is 10.4. The highest BCUT2D eigenvalue weighted by molar-refractivity contribution is 5.92. The minimum atomic E-state index is -0.172. The summed E-state index contributed by atoms with van der Waals surface area (Å²) in [5.74, 6) is 0.540. The zero-order valence-electron chi connectivity index (χ0n) is 21.8. The fraction of sp³-hybridized carbons (Fsp3) is 0.310. The van der Waals surface area contributed by atoms with Gasteiger partial charge in [-0.25, -0.2) is 9.50 Å². The minimum Gasteiger partial charge on any atom is -0.382 e. The molecule has 2 aliphatic rings. The maximum absolute atomic E-state index is 11.9. The van der Waals surface area contributed by atoms with Gasteiger partial charge in [-0.05, 0) is 23.3 Å². The zero-order chi connectivity index (χ0) is 26.5. The van der Waals surface area contributed by atoms with Crippen LogP contribution < -0.4 is 5.73 Å². The molecule has 5 aromatic rings. The van der Waals surface area contributed by atoms with Crippen LogP contribution in [-0.4, -0.2) is 78.9 Å². The molecular weight excluding hydrogens is 492 g/mol. The highest BCUT2D eigenvalue weighted by atomic mass is 16.5. The number of benzene rings is 2. The third kappa shape index (κ3) is 4.31. The number of piperazine rings is 1. The van der Waals surface area contributed by atoms with E-state index in [4.69, 9.17) is 15.6 Å². The van der Waals surface area contributed by atoms with Gasteiger partial charge in [-0.1, -0.05) is 42.5 Å². The van der Waals surface area contributed by atoms with Crippen molar-refractivity contribution in [2.75, 3.05) is 38.5 Å². The largest absolute Gasteiger partial charge is 0.382 e. The standard InChI is InChI=1S/C29H30N8O2/c1-19(38)34-9-10-35-16-27(39-17-23(35)15-34)26-12-24(28-29(30)31-18-32-37(26)28)21-7-8-22-14-36(33-25(22)11-21)13-20-5-3-2-4-6-20/h2-8,11-12,14,18,23,27H,9-10,13,15-17H2,1H3,(H2,30,31,32). The van der Waals surface area contributed by atoms with E-state index in [0.717, 1.165) is 52.9 Å². The minimum absolute atomic E-state index is 0.119. The molecule has 0 radical (unpaired) electrons. The maximum Gasteiger partial charge on any atom is 0.219 e. The van der Waals surface area contributed by atoms with Gasteiger partial charge in [0.05, 0.1) is 30.4 Å². The van der Waals surface area contributed by atoms with Crippen molar-refractivity contribution in [2.45, 2.75) is 25.6 Å². The summed E-state index contributed by atoms with van der Waals surface area (Å²) in [6.45, 7) is 5.91. The lowest BCUT2D eigenvalue weighted by molar-refractivity contribution is -0.138. The van der Waals surface area contributed by atoms with Crippen LogP contribution >= 0.6 is 0 Å². The molecule has 198 valence electrons. The van der Waals surface area contributed by atoms with Crippen LogP contribution in [0.15, 0.2) is 67.1 Å². The second kappa shape index (κ2) is 9.48. The van der Waals surface area contributed by atoms with Crippen molar-refractivity contribution in [3.8, 4) is 11.1 Å². The number of nitrogen functional groups attached to an aromatic ring is 1. The Bertz CT molecular complexity index is 1680. The monoisotopic (exact) mass is 522 g/mol. The van der Waals surface area contributed by atoms with Gasteiger partial charge >= 0.3 is 0 Å². The van der Waals surface area contributed by atoms with Gasteiger partial charge in [0.15, 0.2) is 5.82 Å². The van der Waals surface area contributed by atoms with E-state index in [1.54, 1.807) is 6.92 Å². The lowest BCUT2D eigenvalue weighted by atomic mass is 10.0. The number of hydrogen-bond donors (Lipinski definition) is 1. The Morgan fingerprint density at radius 3 is 2.82 bits per heavy atom. The molecular formula is C29H30N8O2. The summed E-state index contributed by atoms with van der Waals surface area (Å²) in [6, 6.07) is 18.9. The van der Waals surface area contributed by atoms with Crippen molar-refractivity contribution >= 4 is 28.1 Å². The van der Waals surface area contributed by atoms with E-state index in [-0.39, 0.29) is 18.1 Å². The predicted octanol–water partition coefficient (Wildman–Crippen LogP) is 2.98. The number of hydrogen-bond acceptors (Lipinski definition) is 7. The highest BCUT2D eigenvalue weighted by Crippen LogP contribution is 2.36. The second-order valence-electron chi connectivity index (χ2n) is 10.4. The number of carbonyl (C=O) groups is 1. The number of nitrogens with two attached hydrogens (primary N) is 1. The molecule has 2 saturated heterocycles. The normalized spacial score (nSPS) is 20.0. The van der Waals surface area contributed by atoms with E-state index in [1.807, 2.05) is 32.3 Å². The highest BCUT2D eigenvalue weighted by Gasteiger charge is 2.36. The molecule has 0 spiro atoms. The summed E-state index contributed by atoms with van der Waals surface area (Å²) in [6.07, 6.45) is 3.39. The number of ether oxygens (including phenoxy) is 1. The number of aromatic nitrogens is 5. The fourth-order valence-electron chi connectivity index (χ4n) is 5.88. The smallest absolute Gasteiger partial charge is 0.219 e. The van der Waals surface area contributed by atoms with Gasteiger partial charge in [0.1, 0.15) is 17.9 Å². The van der Waals surface area contributed by atoms with Gasteiger partial charge in [0.25, 0.3) is 0 Å². The number of nitrogens with zero attached hydrogens (tertiary/aromatic N) is 7. The van der Waals surface area contributed by atoms with Crippen molar-refractivity contribution in [3.63, 3.8) is 0 Å². The Kier molecular flexibility index (Phi) is 5.79. The molecule has 7 rings (SSSR count). The van der Waals surface area contributed by atoms with Gasteiger partial charge in [-0.2, -0.15) is 10.2 Å². The molecule has 2 aromatic carbocycles. The first-order chi connectivity index (χ1) is 19.0. The van der Waals surface area contributed by atoms with E-state index in [0.29, 0.717) is 25.5 Å². The predicted molar refractivity (Wildman–Crippen MR) is 148 cm³/mol. The Morgan fingerprint density at radius 1 is 1.10 bits per heavy atom. The van der Waals surface area contributed by atoms with E-state index in [1.165, 1.54) is 11.9 Å². The average molecular weight is 523 g/mol. The number of anilines is 1. The van der Waals surface area contributed by atoms with Gasteiger partial charge in [0.2, 0.25) is 5.91 Å². The van der Waals surface area contributed by atoms with Crippen molar-refractivity contribution in [2.24, 2.45) is 0 Å². The van der Waals surface area contributed by atoms with Crippen molar-refractivity contribution in [3.05, 3.63) is 78.4 Å². The van der Waals surface area contributed by atoms with E-state index in [9.17, 15) is 4.79 Å². The van der Waals surface area contributed by atoms with Crippen LogP contribution in [0.5, 0.6) is 0 Å². The Morgan fingerprint density at radius 2 is 1.97 bits per heavy atom. The molecule has 2 fully saturated rings. The van der Waals surface area contributed by atoms with Crippen LogP contribution in [0.3, 0.4) is 0 Å². The summed E-state index contributed by atoms with van der Waals surface area (Å²) in [7, 11) is 0. The lowest BCUT2D eigenvalue weighted by Gasteiger charge is -2.45. The molecule has 2 atom stereocenters. The van der Waals surface area contributed by atoms with E-state index in [2.05, 4.69) is 57.6 Å². The number of amides is 1. The topological polar surface area (TPSA) is 107 Å². The third-order valence-corrected chi connectivity index (χ3v) is 7.93. The quantitative estimate of drug-likeness (QED) is 0.387. The summed E-state index contributed by atoms with van der Waals surface area (Å²) in [5.41, 5.74) is 12.2. The molecule has 0 bridgehead atoms. The van der Waals surface area contributed by atoms with Crippen molar-refractivity contribution in [1.29, 1.82) is 0 Å². The molecule has 10 nitrogen and oxygen atoms in total. The summed E-state index contributed by atoms with van der Waals surface area (Å²) >= 11 is 0. The molecule has 10 heteroatoms. The first-order valence-electron chi connectivity index (χ1n) is 13.3. The molecule has 2 unspecified atom stereocenters. The first-order valence-corrected chi connectivity index (χ1v) is 13.3. The van der Waals surface area contributed by atoms with Gasteiger partial charge in [-0.3, -0.25) is 14.4 Å². The Hall–Kier alpha value is -4.28. The summed E-state index contributed by atoms with van der Waals surface area (Å²) in [5, 5.41) is 10.5. The van der Waals surface area contributed by atoms with Crippen LogP contribution in [0.4, 0.5) is 5.82 Å². The lowest BCUT2D eigenvalue weighted by Crippen LogP contribution is -2.59. The number of carbonyl (C=O) groups excluding carboxylic acids is 1. The summed E-state index contributed by atoms with van der Waals surface area (Å²) in [4.78, 5) is 20.5. The molecule has 0 aliphatic carbocycles. The van der Waals surface area contributed by atoms with Gasteiger partial charge < -0.3 is 15.4 Å². The molecule has 3 aromatic heterocycles. The third-order valence-electron chi connectivity index (χ3n) is 7.93. The van der Waals surface area contributed by atoms with Crippen LogP contribution in [-0.2, 0) is 16.1 Å². The number of morpholine rings is 1. The number of fused-ring (bicyclic) bond motifs is 3. The van der Waals surface area contributed by atoms with Gasteiger partial charge in [-0.15, -0.1) is 0 Å². The average Bonchev–Trinajstić information content (AvgIpc) is 3.54. The van der Waals surface area contributed by atoms with Gasteiger partial charge in [0, 0.05) is 50.2 Å². The summed E-state index contributed by atoms with van der Waals surface area (Å²) < 4.78 is 10.2. The fourth-order valence-corrected chi connectivity index (χ4v) is 5.88. The molecule has 0 saturated carbocycles. The molecule has 1 amide bonds. The van der Waals surface area contributed by atoms with Crippen molar-refractivity contribution < 1.29 is 9.53 Å². The first kappa shape index (κ1) is 23.8. The molecule has 2 N–H and O–H groups in total. The molecule has 2 aliphatic heterocycles. The Balaban J connectivity index is 1.22. The molecule has 39 heavy (non-hydrogen) atoms. The van der Waals surface area contributed by atoms with Crippen LogP contribution in [0.1, 0.15) is 24.3 Å². The van der Waals surface area contributed by atoms with Crippen molar-refractivity contribution in [1.82, 2.24) is 34.2 Å². The zero-order valence-corrected chi connectivity index (χ0v) is 21.8. The van der Waals surface area contributed by atoms with E-state index < -0.39 is 0 Å². The molecule has 5 heterocycles. The van der Waals surface area contributed by atoms with Crippen LogP contribution in [0.25, 0.3) is 27.5 Å². The van der Waals surface area contributed by atoms with Crippen LogP contribution in [0, 0.1) is 0 Å².